The van der Waals surface area contributed by atoms with Gasteiger partial charge in [-0.3, -0.25) is 0 Å². The van der Waals surface area contributed by atoms with Crippen LogP contribution in [-0.4, -0.2) is 10.2 Å². The molecule has 1 unspecified atom stereocenters. The molecule has 1 aromatic rings. The molecular weight excluding hydrogens is 308 g/mol. The zero-order chi connectivity index (χ0) is 18.3. The summed E-state index contributed by atoms with van der Waals surface area (Å²) in [5.41, 5.74) is 1.88. The van der Waals surface area contributed by atoms with Crippen LogP contribution in [0, 0.1) is 0 Å². The Kier molecular flexibility index (Phi) is 7.40. The molecule has 0 spiro atoms. The SMILES string of the molecule is CCCCCCC(CC)(CC)c1cc(O)c(C2C=CCCC2)c(O)c1. The minimum Gasteiger partial charge on any atom is -0.507 e. The molecule has 2 rings (SSSR count). The molecule has 2 N–H and O–H groups in total. The first-order chi connectivity index (χ1) is 12.1. The van der Waals surface area contributed by atoms with E-state index < -0.39 is 0 Å². The second-order valence-corrected chi connectivity index (χ2v) is 7.69. The van der Waals surface area contributed by atoms with Gasteiger partial charge in [0.1, 0.15) is 11.5 Å². The Hall–Kier alpha value is -1.44. The quantitative estimate of drug-likeness (QED) is 0.376. The van der Waals surface area contributed by atoms with E-state index in [2.05, 4.69) is 32.9 Å². The van der Waals surface area contributed by atoms with Gasteiger partial charge in [-0.1, -0.05) is 58.6 Å². The van der Waals surface area contributed by atoms with Gasteiger partial charge in [0.15, 0.2) is 0 Å². The molecule has 0 amide bonds. The lowest BCUT2D eigenvalue weighted by Gasteiger charge is -2.33. The van der Waals surface area contributed by atoms with E-state index in [1.807, 2.05) is 12.1 Å². The summed E-state index contributed by atoms with van der Waals surface area (Å²) >= 11 is 0. The third kappa shape index (κ3) is 4.59. The predicted octanol–water partition coefficient (Wildman–Crippen LogP) is 6.95. The standard InChI is InChI=1S/C23H36O2/c1-4-7-8-12-15-23(5-2,6-3)19-16-20(24)22(21(25)17-19)18-13-10-9-11-14-18/h10,13,16-18,24-25H,4-9,11-12,14-15H2,1-3H3. The highest BCUT2D eigenvalue weighted by Gasteiger charge is 2.30. The van der Waals surface area contributed by atoms with Gasteiger partial charge in [0, 0.05) is 11.5 Å². The molecule has 2 heteroatoms. The molecule has 0 heterocycles. The fourth-order valence-electron chi connectivity index (χ4n) is 4.41. The minimum absolute atomic E-state index is 0.0592. The minimum atomic E-state index is 0.0592. The monoisotopic (exact) mass is 344 g/mol. The van der Waals surface area contributed by atoms with Crippen molar-refractivity contribution in [1.82, 2.24) is 0 Å². The molecule has 1 atom stereocenters. The highest BCUT2D eigenvalue weighted by molar-refractivity contribution is 5.52. The summed E-state index contributed by atoms with van der Waals surface area (Å²) in [4.78, 5) is 0. The maximum absolute atomic E-state index is 10.7. The van der Waals surface area contributed by atoms with E-state index in [0.29, 0.717) is 5.56 Å². The van der Waals surface area contributed by atoms with Crippen LogP contribution in [0.5, 0.6) is 11.5 Å². The molecule has 25 heavy (non-hydrogen) atoms. The summed E-state index contributed by atoms with van der Waals surface area (Å²) in [5.74, 6) is 0.683. The van der Waals surface area contributed by atoms with E-state index in [-0.39, 0.29) is 22.8 Å². The topological polar surface area (TPSA) is 40.5 Å². The first-order valence-electron chi connectivity index (χ1n) is 10.3. The third-order valence-electron chi connectivity index (χ3n) is 6.24. The van der Waals surface area contributed by atoms with Crippen molar-refractivity contribution in [3.63, 3.8) is 0 Å². The van der Waals surface area contributed by atoms with Crippen molar-refractivity contribution in [2.45, 2.75) is 96.3 Å². The molecular formula is C23H36O2. The van der Waals surface area contributed by atoms with Crippen LogP contribution in [0.1, 0.15) is 102 Å². The Morgan fingerprint density at radius 2 is 1.68 bits per heavy atom. The molecule has 2 nitrogen and oxygen atoms in total. The van der Waals surface area contributed by atoms with Crippen LogP contribution < -0.4 is 0 Å². The van der Waals surface area contributed by atoms with E-state index in [4.69, 9.17) is 0 Å². The van der Waals surface area contributed by atoms with Crippen molar-refractivity contribution in [3.8, 4) is 11.5 Å². The zero-order valence-electron chi connectivity index (χ0n) is 16.4. The largest absolute Gasteiger partial charge is 0.507 e. The van der Waals surface area contributed by atoms with Gasteiger partial charge in [0.05, 0.1) is 0 Å². The summed E-state index contributed by atoms with van der Waals surface area (Å²) in [7, 11) is 0. The van der Waals surface area contributed by atoms with Crippen LogP contribution in [0.2, 0.25) is 0 Å². The van der Waals surface area contributed by atoms with E-state index >= 15 is 0 Å². The summed E-state index contributed by atoms with van der Waals surface area (Å²) in [6.45, 7) is 6.70. The number of rotatable bonds is 9. The predicted molar refractivity (Wildman–Crippen MR) is 107 cm³/mol. The third-order valence-corrected chi connectivity index (χ3v) is 6.24. The van der Waals surface area contributed by atoms with Gasteiger partial charge in [0.25, 0.3) is 0 Å². The van der Waals surface area contributed by atoms with Crippen LogP contribution >= 0.6 is 0 Å². The molecule has 0 radical (unpaired) electrons. The molecule has 0 saturated carbocycles. The first-order valence-corrected chi connectivity index (χ1v) is 10.3. The number of benzene rings is 1. The van der Waals surface area contributed by atoms with Crippen molar-refractivity contribution in [3.05, 3.63) is 35.4 Å². The highest BCUT2D eigenvalue weighted by Crippen LogP contribution is 2.45. The molecule has 140 valence electrons. The Bertz CT molecular complexity index is 546. The molecule has 0 saturated heterocycles. The van der Waals surface area contributed by atoms with Gasteiger partial charge in [-0.15, -0.1) is 0 Å². The molecule has 0 fully saturated rings. The fraction of sp³-hybridized carbons (Fsp3) is 0.652. The number of phenolic OH excluding ortho intramolecular Hbond substituents is 2. The Morgan fingerprint density at radius 1 is 1.00 bits per heavy atom. The first kappa shape index (κ1) is 19.9. The van der Waals surface area contributed by atoms with Gasteiger partial charge in [-0.2, -0.15) is 0 Å². The number of hydrogen-bond donors (Lipinski definition) is 2. The normalized spacial score (nSPS) is 17.8. The van der Waals surface area contributed by atoms with Crippen LogP contribution in [0.3, 0.4) is 0 Å². The highest BCUT2D eigenvalue weighted by atomic mass is 16.3. The Labute approximate surface area is 154 Å². The van der Waals surface area contributed by atoms with Gasteiger partial charge in [-0.05, 0) is 61.6 Å². The summed E-state index contributed by atoms with van der Waals surface area (Å²) in [5, 5.41) is 21.4. The van der Waals surface area contributed by atoms with Crippen LogP contribution in [0.15, 0.2) is 24.3 Å². The molecule has 0 bridgehead atoms. The lowest BCUT2D eigenvalue weighted by molar-refractivity contribution is 0.343. The smallest absolute Gasteiger partial charge is 0.123 e. The number of aromatic hydroxyl groups is 2. The maximum atomic E-state index is 10.7. The fourth-order valence-corrected chi connectivity index (χ4v) is 4.41. The van der Waals surface area contributed by atoms with E-state index in [1.165, 1.54) is 25.7 Å². The van der Waals surface area contributed by atoms with Crippen LogP contribution in [-0.2, 0) is 5.41 Å². The second kappa shape index (κ2) is 9.31. The zero-order valence-corrected chi connectivity index (χ0v) is 16.4. The Morgan fingerprint density at radius 3 is 2.20 bits per heavy atom. The summed E-state index contributed by atoms with van der Waals surface area (Å²) in [6, 6.07) is 3.87. The molecule has 0 aromatic heterocycles. The second-order valence-electron chi connectivity index (χ2n) is 7.69. The molecule has 1 aromatic carbocycles. The molecule has 1 aliphatic carbocycles. The van der Waals surface area contributed by atoms with Crippen LogP contribution in [0.4, 0.5) is 0 Å². The van der Waals surface area contributed by atoms with Gasteiger partial charge >= 0.3 is 0 Å². The molecule has 0 aliphatic heterocycles. The van der Waals surface area contributed by atoms with Crippen molar-refractivity contribution >= 4 is 0 Å². The van der Waals surface area contributed by atoms with Crippen LogP contribution in [0.25, 0.3) is 0 Å². The number of unbranched alkanes of at least 4 members (excludes halogenated alkanes) is 3. The van der Waals surface area contributed by atoms with Crippen molar-refractivity contribution in [1.29, 1.82) is 0 Å². The average Bonchev–Trinajstić information content (AvgIpc) is 2.63. The van der Waals surface area contributed by atoms with Crippen molar-refractivity contribution in [2.75, 3.05) is 0 Å². The van der Waals surface area contributed by atoms with E-state index in [0.717, 1.165) is 44.1 Å². The van der Waals surface area contributed by atoms with E-state index in [9.17, 15) is 10.2 Å². The van der Waals surface area contributed by atoms with Crippen molar-refractivity contribution < 1.29 is 10.2 Å². The molecule has 1 aliphatic rings. The van der Waals surface area contributed by atoms with Gasteiger partial charge < -0.3 is 10.2 Å². The number of phenols is 2. The number of hydrogen-bond acceptors (Lipinski definition) is 2. The van der Waals surface area contributed by atoms with E-state index in [1.54, 1.807) is 0 Å². The van der Waals surface area contributed by atoms with Gasteiger partial charge in [0.2, 0.25) is 0 Å². The summed E-state index contributed by atoms with van der Waals surface area (Å²) < 4.78 is 0. The van der Waals surface area contributed by atoms with Crippen molar-refractivity contribution in [2.24, 2.45) is 0 Å². The Balaban J connectivity index is 2.29. The average molecular weight is 345 g/mol. The number of allylic oxidation sites excluding steroid dienone is 2. The lowest BCUT2D eigenvalue weighted by atomic mass is 9.71. The maximum Gasteiger partial charge on any atom is 0.123 e. The van der Waals surface area contributed by atoms with Gasteiger partial charge in [-0.25, -0.2) is 0 Å². The summed E-state index contributed by atoms with van der Waals surface area (Å²) in [6.07, 6.45) is 15.7. The lowest BCUT2D eigenvalue weighted by Crippen LogP contribution is -2.24.